The fraction of sp³-hybridized carbons (Fsp3) is 0.600. The number of nitrogens with zero attached hydrogens (tertiary/aromatic N) is 1. The standard InChI is InChI=1S/C25H31BrFN3O2/c26-19-8-5-16(15-20(19)27)29-24(32)22-18-7-6-17(25(18)9-10-25)21(22)23(31)28-11-1-2-12-30-13-3-4-14-30/h5-8,15,17-18,21-22H,1-4,9-14H2,(H,28,31)(H,29,32)/t17-,18+,21-,22-/m1/s1. The summed E-state index contributed by atoms with van der Waals surface area (Å²) in [6, 6.07) is 4.57. The third-order valence-electron chi connectivity index (χ3n) is 8.03. The molecule has 0 aromatic heterocycles. The molecule has 2 saturated carbocycles. The minimum Gasteiger partial charge on any atom is -0.356 e. The Hall–Kier alpha value is -1.73. The van der Waals surface area contributed by atoms with E-state index in [1.165, 1.54) is 32.0 Å². The number of rotatable bonds is 8. The van der Waals surface area contributed by atoms with Crippen LogP contribution in [0.25, 0.3) is 0 Å². The largest absolute Gasteiger partial charge is 0.356 e. The number of allylic oxidation sites excluding steroid dienone is 2. The number of carbonyl (C=O) groups excluding carboxylic acids is 2. The molecule has 5 nitrogen and oxygen atoms in total. The number of benzene rings is 1. The Kier molecular flexibility index (Phi) is 6.14. The van der Waals surface area contributed by atoms with E-state index in [1.807, 2.05) is 0 Å². The topological polar surface area (TPSA) is 61.4 Å². The van der Waals surface area contributed by atoms with Crippen molar-refractivity contribution < 1.29 is 14.0 Å². The molecule has 0 radical (unpaired) electrons. The first-order valence-corrected chi connectivity index (χ1v) is 12.7. The molecule has 1 aromatic rings. The first kappa shape index (κ1) is 22.1. The molecule has 3 aliphatic carbocycles. The van der Waals surface area contributed by atoms with Gasteiger partial charge in [-0.25, -0.2) is 4.39 Å². The monoisotopic (exact) mass is 503 g/mol. The van der Waals surface area contributed by atoms with Crippen molar-refractivity contribution in [1.82, 2.24) is 10.2 Å². The number of anilines is 1. The first-order chi connectivity index (χ1) is 15.5. The summed E-state index contributed by atoms with van der Waals surface area (Å²) in [5.74, 6) is -1.11. The molecule has 2 amide bonds. The van der Waals surface area contributed by atoms with Gasteiger partial charge in [0.2, 0.25) is 11.8 Å². The number of nitrogens with one attached hydrogen (secondary N) is 2. The maximum absolute atomic E-state index is 13.9. The summed E-state index contributed by atoms with van der Waals surface area (Å²) < 4.78 is 14.3. The number of halogens is 2. The van der Waals surface area contributed by atoms with Crippen LogP contribution in [0.1, 0.15) is 38.5 Å². The van der Waals surface area contributed by atoms with Gasteiger partial charge in [-0.3, -0.25) is 9.59 Å². The van der Waals surface area contributed by atoms with E-state index in [0.29, 0.717) is 16.7 Å². The van der Waals surface area contributed by atoms with E-state index in [1.54, 1.807) is 12.1 Å². The summed E-state index contributed by atoms with van der Waals surface area (Å²) in [4.78, 5) is 29.0. The molecule has 3 fully saturated rings. The van der Waals surface area contributed by atoms with Crippen molar-refractivity contribution in [2.24, 2.45) is 29.1 Å². The lowest BCUT2D eigenvalue weighted by Crippen LogP contribution is -2.42. The van der Waals surface area contributed by atoms with Crippen LogP contribution in [0, 0.1) is 34.9 Å². The lowest BCUT2D eigenvalue weighted by atomic mass is 9.81. The van der Waals surface area contributed by atoms with Crippen LogP contribution < -0.4 is 10.6 Å². The Balaban J connectivity index is 1.22. The van der Waals surface area contributed by atoms with Gasteiger partial charge < -0.3 is 15.5 Å². The average molecular weight is 504 g/mol. The lowest BCUT2D eigenvalue weighted by molar-refractivity contribution is -0.132. The summed E-state index contributed by atoms with van der Waals surface area (Å²) >= 11 is 3.14. The van der Waals surface area contributed by atoms with Crippen LogP contribution in [0.5, 0.6) is 0 Å². The predicted molar refractivity (Wildman–Crippen MR) is 125 cm³/mol. The van der Waals surface area contributed by atoms with Crippen LogP contribution >= 0.6 is 15.9 Å². The van der Waals surface area contributed by atoms with Gasteiger partial charge in [0.1, 0.15) is 5.82 Å². The Morgan fingerprint density at radius 1 is 1.06 bits per heavy atom. The molecule has 4 atom stereocenters. The van der Waals surface area contributed by atoms with Gasteiger partial charge in [0.05, 0.1) is 16.3 Å². The quantitative estimate of drug-likeness (QED) is 0.409. The summed E-state index contributed by atoms with van der Waals surface area (Å²) in [5, 5.41) is 6.00. The molecule has 5 rings (SSSR count). The number of likely N-dealkylation sites (tertiary alicyclic amines) is 1. The smallest absolute Gasteiger partial charge is 0.228 e. The normalized spacial score (nSPS) is 29.6. The fourth-order valence-electron chi connectivity index (χ4n) is 6.31. The van der Waals surface area contributed by atoms with Gasteiger partial charge in [-0.1, -0.05) is 12.2 Å². The molecule has 7 heteroatoms. The van der Waals surface area contributed by atoms with E-state index in [4.69, 9.17) is 0 Å². The maximum atomic E-state index is 13.9. The van der Waals surface area contributed by atoms with Crippen LogP contribution in [0.4, 0.5) is 10.1 Å². The van der Waals surface area contributed by atoms with Crippen molar-refractivity contribution in [3.8, 4) is 0 Å². The second-order valence-corrected chi connectivity index (χ2v) is 10.7. The minimum atomic E-state index is -0.419. The van der Waals surface area contributed by atoms with Gasteiger partial charge in [0.25, 0.3) is 0 Å². The molecule has 2 N–H and O–H groups in total. The van der Waals surface area contributed by atoms with Gasteiger partial charge in [-0.2, -0.15) is 0 Å². The highest BCUT2D eigenvalue weighted by molar-refractivity contribution is 9.10. The zero-order chi connectivity index (χ0) is 22.3. The molecule has 2 bridgehead atoms. The third-order valence-corrected chi connectivity index (χ3v) is 8.68. The SMILES string of the molecule is O=C(NCCCCN1CCCC1)[C@H]1[C@H](C(=O)Nc2ccc(Br)c(F)c2)[C@@H]2C=C[C@H]1C21CC1. The van der Waals surface area contributed by atoms with Crippen molar-refractivity contribution in [2.45, 2.75) is 38.5 Å². The zero-order valence-corrected chi connectivity index (χ0v) is 19.9. The van der Waals surface area contributed by atoms with E-state index in [-0.39, 0.29) is 35.0 Å². The Bertz CT molecular complexity index is 926. The van der Waals surface area contributed by atoms with E-state index < -0.39 is 11.7 Å². The highest BCUT2D eigenvalue weighted by atomic mass is 79.9. The fourth-order valence-corrected chi connectivity index (χ4v) is 6.55. The molecule has 1 aromatic carbocycles. The molecule has 32 heavy (non-hydrogen) atoms. The van der Waals surface area contributed by atoms with Crippen molar-refractivity contribution in [3.63, 3.8) is 0 Å². The van der Waals surface area contributed by atoms with Crippen molar-refractivity contribution in [2.75, 3.05) is 31.5 Å². The third kappa shape index (κ3) is 4.03. The average Bonchev–Trinajstić information content (AvgIpc) is 3.13. The number of carbonyl (C=O) groups is 2. The predicted octanol–water partition coefficient (Wildman–Crippen LogP) is 4.35. The van der Waals surface area contributed by atoms with Crippen LogP contribution in [0.2, 0.25) is 0 Å². The highest BCUT2D eigenvalue weighted by Gasteiger charge is 2.69. The Morgan fingerprint density at radius 2 is 1.75 bits per heavy atom. The first-order valence-electron chi connectivity index (χ1n) is 11.9. The van der Waals surface area contributed by atoms with Crippen LogP contribution in [0.15, 0.2) is 34.8 Å². The van der Waals surface area contributed by atoms with Crippen molar-refractivity contribution in [1.29, 1.82) is 0 Å². The van der Waals surface area contributed by atoms with Crippen LogP contribution in [0.3, 0.4) is 0 Å². The summed E-state index contributed by atoms with van der Waals surface area (Å²) in [6.07, 6.45) is 11.1. The van der Waals surface area contributed by atoms with E-state index in [2.05, 4.69) is 43.6 Å². The molecule has 1 aliphatic heterocycles. The Morgan fingerprint density at radius 3 is 2.41 bits per heavy atom. The van der Waals surface area contributed by atoms with Gasteiger partial charge in [0.15, 0.2) is 0 Å². The molecule has 1 saturated heterocycles. The highest BCUT2D eigenvalue weighted by Crippen LogP contribution is 2.72. The molecular formula is C25H31BrFN3O2. The molecule has 0 unspecified atom stereocenters. The van der Waals surface area contributed by atoms with E-state index in [0.717, 1.165) is 32.2 Å². The van der Waals surface area contributed by atoms with Gasteiger partial charge in [0, 0.05) is 12.2 Å². The second kappa shape index (κ2) is 8.90. The zero-order valence-electron chi connectivity index (χ0n) is 18.3. The second-order valence-electron chi connectivity index (χ2n) is 9.89. The van der Waals surface area contributed by atoms with Gasteiger partial charge in [-0.15, -0.1) is 0 Å². The van der Waals surface area contributed by atoms with Crippen molar-refractivity contribution >= 4 is 33.4 Å². The summed E-state index contributed by atoms with van der Waals surface area (Å²) in [7, 11) is 0. The molecule has 172 valence electrons. The van der Waals surface area contributed by atoms with Crippen LogP contribution in [-0.2, 0) is 9.59 Å². The van der Waals surface area contributed by atoms with Gasteiger partial charge in [-0.05, 0) is 110 Å². The molecule has 1 heterocycles. The Labute approximate surface area is 197 Å². The van der Waals surface area contributed by atoms with E-state index >= 15 is 0 Å². The van der Waals surface area contributed by atoms with Gasteiger partial charge >= 0.3 is 0 Å². The number of hydrogen-bond donors (Lipinski definition) is 2. The van der Waals surface area contributed by atoms with E-state index in [9.17, 15) is 14.0 Å². The minimum absolute atomic E-state index is 0.00330. The number of unbranched alkanes of at least 4 members (excludes halogenated alkanes) is 1. The molecule has 4 aliphatic rings. The molecular weight excluding hydrogens is 473 g/mol. The molecule has 1 spiro atoms. The number of hydrogen-bond acceptors (Lipinski definition) is 3. The van der Waals surface area contributed by atoms with Crippen molar-refractivity contribution in [3.05, 3.63) is 40.6 Å². The maximum Gasteiger partial charge on any atom is 0.228 e. The van der Waals surface area contributed by atoms with Crippen LogP contribution in [-0.4, -0.2) is 42.9 Å². The summed E-state index contributed by atoms with van der Waals surface area (Å²) in [5.41, 5.74) is 0.512. The summed E-state index contributed by atoms with van der Waals surface area (Å²) in [6.45, 7) is 4.16. The number of amides is 2. The lowest BCUT2D eigenvalue weighted by Gasteiger charge is -2.26.